The van der Waals surface area contributed by atoms with Crippen molar-refractivity contribution in [2.24, 2.45) is 0 Å². The maximum absolute atomic E-state index is 10.2. The van der Waals surface area contributed by atoms with E-state index in [4.69, 9.17) is 0 Å². The van der Waals surface area contributed by atoms with E-state index in [9.17, 15) is 5.11 Å². The highest BCUT2D eigenvalue weighted by atomic mass is 79.9. The molecular weight excluding hydrogens is 310 g/mol. The smallest absolute Gasteiger partial charge is 0.0830 e. The number of hydrogen-bond donors (Lipinski definition) is 1. The lowest BCUT2D eigenvalue weighted by molar-refractivity contribution is 0.178. The molecule has 18 heavy (non-hydrogen) atoms. The molecule has 94 valence electrons. The first kappa shape index (κ1) is 13.6. The minimum Gasteiger partial charge on any atom is -0.388 e. The van der Waals surface area contributed by atoms with Gasteiger partial charge in [0.25, 0.3) is 0 Å². The second-order valence-corrected chi connectivity index (χ2v) is 5.80. The summed E-state index contributed by atoms with van der Waals surface area (Å²) in [6.07, 6.45) is 5.65. The fourth-order valence-electron chi connectivity index (χ4n) is 1.73. The summed E-state index contributed by atoms with van der Waals surface area (Å²) in [5.41, 5.74) is 1.96. The van der Waals surface area contributed by atoms with E-state index >= 15 is 0 Å². The van der Waals surface area contributed by atoms with E-state index in [-0.39, 0.29) is 0 Å². The van der Waals surface area contributed by atoms with Crippen LogP contribution in [0.25, 0.3) is 0 Å². The minimum atomic E-state index is -0.489. The molecule has 4 heteroatoms. The number of hydrogen-bond acceptors (Lipinski definition) is 3. The van der Waals surface area contributed by atoms with Crippen molar-refractivity contribution >= 4 is 27.7 Å². The number of thioether (sulfide) groups is 1. The third-order valence-corrected chi connectivity index (χ3v) is 3.87. The summed E-state index contributed by atoms with van der Waals surface area (Å²) in [5, 5.41) is 10.2. The number of aromatic nitrogens is 1. The van der Waals surface area contributed by atoms with Gasteiger partial charge in [-0.1, -0.05) is 12.1 Å². The molecule has 0 aliphatic rings. The standard InChI is InChI=1S/C14H14BrNOS/c1-18-13-4-2-11(3-5-13)14(17)7-10-6-12(15)9-16-8-10/h2-6,8-9,14,17H,7H2,1H3. The molecule has 0 saturated heterocycles. The lowest BCUT2D eigenvalue weighted by Crippen LogP contribution is -2.02. The van der Waals surface area contributed by atoms with Gasteiger partial charge in [0.05, 0.1) is 6.10 Å². The van der Waals surface area contributed by atoms with E-state index in [0.29, 0.717) is 6.42 Å². The van der Waals surface area contributed by atoms with Gasteiger partial charge in [-0.15, -0.1) is 11.8 Å². The molecule has 0 aliphatic carbocycles. The highest BCUT2D eigenvalue weighted by Crippen LogP contribution is 2.22. The first-order valence-corrected chi connectivity index (χ1v) is 7.62. The zero-order valence-electron chi connectivity index (χ0n) is 10.0. The molecule has 0 fully saturated rings. The maximum Gasteiger partial charge on any atom is 0.0830 e. The third-order valence-electron chi connectivity index (χ3n) is 2.69. The fraction of sp³-hybridized carbons (Fsp3) is 0.214. The molecule has 0 radical (unpaired) electrons. The summed E-state index contributed by atoms with van der Waals surface area (Å²) >= 11 is 5.08. The van der Waals surface area contributed by atoms with Crippen LogP contribution in [0.4, 0.5) is 0 Å². The normalized spacial score (nSPS) is 12.4. The fourth-order valence-corrected chi connectivity index (χ4v) is 2.56. The van der Waals surface area contributed by atoms with Crippen molar-refractivity contribution in [1.29, 1.82) is 0 Å². The largest absolute Gasteiger partial charge is 0.388 e. The summed E-state index contributed by atoms with van der Waals surface area (Å²) in [7, 11) is 0. The van der Waals surface area contributed by atoms with Crippen molar-refractivity contribution < 1.29 is 5.11 Å². The Morgan fingerprint density at radius 2 is 2.00 bits per heavy atom. The monoisotopic (exact) mass is 323 g/mol. The average Bonchev–Trinajstić information content (AvgIpc) is 2.39. The van der Waals surface area contributed by atoms with Crippen LogP contribution in [0.3, 0.4) is 0 Å². The van der Waals surface area contributed by atoms with Crippen molar-refractivity contribution in [3.8, 4) is 0 Å². The number of aliphatic hydroxyl groups is 1. The number of benzene rings is 1. The molecule has 1 heterocycles. The molecule has 1 unspecified atom stereocenters. The Hall–Kier alpha value is -0.840. The second-order valence-electron chi connectivity index (χ2n) is 4.00. The summed E-state index contributed by atoms with van der Waals surface area (Å²) in [5.74, 6) is 0. The van der Waals surface area contributed by atoms with Gasteiger partial charge in [0.1, 0.15) is 0 Å². The molecule has 2 aromatic rings. The van der Waals surface area contributed by atoms with Crippen LogP contribution in [0.2, 0.25) is 0 Å². The van der Waals surface area contributed by atoms with Gasteiger partial charge >= 0.3 is 0 Å². The van der Waals surface area contributed by atoms with Gasteiger partial charge in [0.2, 0.25) is 0 Å². The maximum atomic E-state index is 10.2. The zero-order chi connectivity index (χ0) is 13.0. The SMILES string of the molecule is CSc1ccc(C(O)Cc2cncc(Br)c2)cc1. The Bertz CT molecular complexity index is 515. The van der Waals surface area contributed by atoms with E-state index in [2.05, 4.69) is 20.9 Å². The van der Waals surface area contributed by atoms with Gasteiger partial charge in [-0.25, -0.2) is 0 Å². The van der Waals surface area contributed by atoms with Gasteiger partial charge in [-0.05, 0) is 51.5 Å². The van der Waals surface area contributed by atoms with Crippen LogP contribution in [0.1, 0.15) is 17.2 Å². The van der Waals surface area contributed by atoms with Gasteiger partial charge in [0.15, 0.2) is 0 Å². The molecule has 0 saturated carbocycles. The highest BCUT2D eigenvalue weighted by molar-refractivity contribution is 9.10. The number of rotatable bonds is 4. The first-order chi connectivity index (χ1) is 8.69. The van der Waals surface area contributed by atoms with Gasteiger partial charge in [-0.3, -0.25) is 4.98 Å². The number of pyridine rings is 1. The van der Waals surface area contributed by atoms with Crippen LogP contribution < -0.4 is 0 Å². The lowest BCUT2D eigenvalue weighted by atomic mass is 10.0. The molecule has 2 nitrogen and oxygen atoms in total. The number of halogens is 1. The van der Waals surface area contributed by atoms with E-state index in [1.807, 2.05) is 36.6 Å². The first-order valence-electron chi connectivity index (χ1n) is 5.60. The second kappa shape index (κ2) is 6.36. The molecule has 0 amide bonds. The highest BCUT2D eigenvalue weighted by Gasteiger charge is 2.09. The molecule has 2 rings (SSSR count). The van der Waals surface area contributed by atoms with Crippen molar-refractivity contribution in [3.63, 3.8) is 0 Å². The van der Waals surface area contributed by atoms with Crippen LogP contribution in [-0.2, 0) is 6.42 Å². The Labute approximate surface area is 120 Å². The van der Waals surface area contributed by atoms with Crippen molar-refractivity contribution in [2.45, 2.75) is 17.4 Å². The van der Waals surface area contributed by atoms with Crippen LogP contribution in [0.5, 0.6) is 0 Å². The molecule has 1 N–H and O–H groups in total. The summed E-state index contributed by atoms with van der Waals surface area (Å²) in [6, 6.07) is 9.99. The minimum absolute atomic E-state index is 0.489. The number of aliphatic hydroxyl groups excluding tert-OH is 1. The molecular formula is C14H14BrNOS. The number of nitrogens with zero attached hydrogens (tertiary/aromatic N) is 1. The lowest BCUT2D eigenvalue weighted by Gasteiger charge is -2.11. The van der Waals surface area contributed by atoms with E-state index < -0.39 is 6.10 Å². The summed E-state index contributed by atoms with van der Waals surface area (Å²) < 4.78 is 0.935. The molecule has 1 aromatic heterocycles. The predicted octanol–water partition coefficient (Wildman–Crippen LogP) is 3.84. The van der Waals surface area contributed by atoms with Crippen molar-refractivity contribution in [1.82, 2.24) is 4.98 Å². The van der Waals surface area contributed by atoms with Gasteiger partial charge < -0.3 is 5.11 Å². The van der Waals surface area contributed by atoms with Crippen LogP contribution in [0, 0.1) is 0 Å². The quantitative estimate of drug-likeness (QED) is 0.868. The Morgan fingerprint density at radius 1 is 1.28 bits per heavy atom. The summed E-state index contributed by atoms with van der Waals surface area (Å²) in [6.45, 7) is 0. The molecule has 0 spiro atoms. The van der Waals surface area contributed by atoms with E-state index in [1.165, 1.54) is 4.90 Å². The molecule has 0 aliphatic heterocycles. The zero-order valence-corrected chi connectivity index (χ0v) is 12.4. The Balaban J connectivity index is 2.09. The Kier molecular flexibility index (Phi) is 4.80. The Morgan fingerprint density at radius 3 is 2.61 bits per heavy atom. The topological polar surface area (TPSA) is 33.1 Å². The average molecular weight is 324 g/mol. The van der Waals surface area contributed by atoms with E-state index in [0.717, 1.165) is 15.6 Å². The van der Waals surface area contributed by atoms with E-state index in [1.54, 1.807) is 24.2 Å². The molecule has 0 bridgehead atoms. The van der Waals surface area contributed by atoms with Gasteiger partial charge in [0, 0.05) is 28.2 Å². The molecule has 1 atom stereocenters. The molecule has 1 aromatic carbocycles. The predicted molar refractivity (Wildman–Crippen MR) is 78.8 cm³/mol. The van der Waals surface area contributed by atoms with Crippen molar-refractivity contribution in [2.75, 3.05) is 6.26 Å². The van der Waals surface area contributed by atoms with Crippen LogP contribution in [0.15, 0.2) is 52.1 Å². The van der Waals surface area contributed by atoms with Crippen molar-refractivity contribution in [3.05, 3.63) is 58.3 Å². The third kappa shape index (κ3) is 3.57. The van der Waals surface area contributed by atoms with Crippen LogP contribution in [-0.4, -0.2) is 16.3 Å². The van der Waals surface area contributed by atoms with Crippen LogP contribution >= 0.6 is 27.7 Å². The van der Waals surface area contributed by atoms with Gasteiger partial charge in [-0.2, -0.15) is 0 Å². The summed E-state index contributed by atoms with van der Waals surface area (Å²) in [4.78, 5) is 5.30.